The topological polar surface area (TPSA) is 4.41 Å². The van der Waals surface area contributed by atoms with E-state index in [0.29, 0.717) is 0 Å². The zero-order valence-electron chi connectivity index (χ0n) is 9.85. The number of hydrogen-bond acceptors (Lipinski definition) is 0. The molecule has 0 bridgehead atoms. The molecule has 2 aromatic carbocycles. The van der Waals surface area contributed by atoms with Crippen LogP contribution in [0.5, 0.6) is 0 Å². The van der Waals surface area contributed by atoms with Gasteiger partial charge in [-0.25, -0.2) is 0 Å². The fourth-order valence-corrected chi connectivity index (χ4v) is 3.47. The zero-order chi connectivity index (χ0) is 11.7. The Kier molecular flexibility index (Phi) is 1.34. The first-order chi connectivity index (χ1) is 8.95. The smallest absolute Gasteiger partial charge is 0.0617 e. The standard InChI is InChI=1S/C17H11N/c1-2-9-15-11(5-1)13-7-3-8-14-12-6-4-10-16(12)18(15)17(13)14/h1-9H,10H2. The fourth-order valence-electron chi connectivity index (χ4n) is 3.47. The Morgan fingerprint density at radius 3 is 2.67 bits per heavy atom. The van der Waals surface area contributed by atoms with E-state index in [1.165, 1.54) is 38.4 Å². The summed E-state index contributed by atoms with van der Waals surface area (Å²) < 4.78 is 2.45. The largest absolute Gasteiger partial charge is 0.311 e. The van der Waals surface area contributed by atoms with E-state index in [-0.39, 0.29) is 0 Å². The minimum absolute atomic E-state index is 1.05. The maximum Gasteiger partial charge on any atom is 0.0617 e. The number of hydrogen-bond donors (Lipinski definition) is 0. The summed E-state index contributed by atoms with van der Waals surface area (Å²) in [5.41, 5.74) is 5.60. The number of aromatic nitrogens is 1. The Morgan fingerprint density at radius 1 is 0.833 bits per heavy atom. The Morgan fingerprint density at radius 2 is 1.67 bits per heavy atom. The van der Waals surface area contributed by atoms with Gasteiger partial charge in [-0.15, -0.1) is 0 Å². The van der Waals surface area contributed by atoms with E-state index in [0.717, 1.165) is 6.42 Å². The molecule has 0 unspecified atom stereocenters. The van der Waals surface area contributed by atoms with Crippen molar-refractivity contribution in [2.45, 2.75) is 6.42 Å². The van der Waals surface area contributed by atoms with Gasteiger partial charge in [0.15, 0.2) is 0 Å². The molecule has 18 heavy (non-hydrogen) atoms. The van der Waals surface area contributed by atoms with Crippen LogP contribution in [-0.4, -0.2) is 4.40 Å². The first-order valence-corrected chi connectivity index (χ1v) is 6.38. The van der Waals surface area contributed by atoms with Crippen molar-refractivity contribution in [3.05, 3.63) is 59.8 Å². The van der Waals surface area contributed by atoms with Crippen LogP contribution in [0.2, 0.25) is 0 Å². The molecule has 0 aliphatic heterocycles. The van der Waals surface area contributed by atoms with Crippen molar-refractivity contribution in [3.8, 4) is 0 Å². The molecule has 1 aliphatic carbocycles. The lowest BCUT2D eigenvalue weighted by atomic mass is 10.1. The minimum atomic E-state index is 1.05. The van der Waals surface area contributed by atoms with Crippen molar-refractivity contribution in [1.29, 1.82) is 0 Å². The average Bonchev–Trinajstić information content (AvgIpc) is 3.06. The Labute approximate surface area is 104 Å². The molecule has 0 N–H and O–H groups in total. The summed E-state index contributed by atoms with van der Waals surface area (Å²) in [4.78, 5) is 0. The average molecular weight is 229 g/mol. The summed E-state index contributed by atoms with van der Waals surface area (Å²) in [6, 6.07) is 15.4. The summed E-state index contributed by atoms with van der Waals surface area (Å²) >= 11 is 0. The number of benzene rings is 2. The lowest BCUT2D eigenvalue weighted by molar-refractivity contribution is 1.11. The molecule has 0 saturated carbocycles. The second kappa shape index (κ2) is 2.75. The molecule has 1 heteroatoms. The van der Waals surface area contributed by atoms with Crippen molar-refractivity contribution in [2.24, 2.45) is 0 Å². The molecule has 0 amide bonds. The van der Waals surface area contributed by atoms with E-state index in [1.54, 1.807) is 0 Å². The number of para-hydroxylation sites is 2. The predicted octanol–water partition coefficient (Wildman–Crippen LogP) is 4.25. The Hall–Kier alpha value is -2.28. The van der Waals surface area contributed by atoms with Gasteiger partial charge in [-0.2, -0.15) is 0 Å². The highest BCUT2D eigenvalue weighted by atomic mass is 14.9. The third-order valence-corrected chi connectivity index (χ3v) is 4.16. The van der Waals surface area contributed by atoms with Gasteiger partial charge in [-0.05, 0) is 6.07 Å². The molecule has 2 aromatic heterocycles. The van der Waals surface area contributed by atoms with Crippen LogP contribution in [0.1, 0.15) is 11.3 Å². The second-order valence-electron chi connectivity index (χ2n) is 5.02. The van der Waals surface area contributed by atoms with Crippen LogP contribution in [0.4, 0.5) is 0 Å². The molecule has 0 atom stereocenters. The summed E-state index contributed by atoms with van der Waals surface area (Å²) in [6.45, 7) is 0. The number of allylic oxidation sites excluding steroid dienone is 1. The van der Waals surface area contributed by atoms with E-state index in [9.17, 15) is 0 Å². The highest BCUT2D eigenvalue weighted by Crippen LogP contribution is 2.39. The Balaban J connectivity index is 2.25. The van der Waals surface area contributed by atoms with Crippen LogP contribution in [0, 0.1) is 0 Å². The number of fused-ring (bicyclic) bond motifs is 6. The molecule has 1 nitrogen and oxygen atoms in total. The summed E-state index contributed by atoms with van der Waals surface area (Å²) in [7, 11) is 0. The quantitative estimate of drug-likeness (QED) is 0.424. The van der Waals surface area contributed by atoms with Crippen LogP contribution in [0.15, 0.2) is 48.5 Å². The summed E-state index contributed by atoms with van der Waals surface area (Å²) in [6.07, 6.45) is 5.59. The Bertz CT molecular complexity index is 940. The number of nitrogens with zero attached hydrogens (tertiary/aromatic N) is 1. The lowest BCUT2D eigenvalue weighted by Gasteiger charge is -1.97. The van der Waals surface area contributed by atoms with Gasteiger partial charge < -0.3 is 4.40 Å². The van der Waals surface area contributed by atoms with Crippen LogP contribution < -0.4 is 0 Å². The predicted molar refractivity (Wildman–Crippen MR) is 76.3 cm³/mol. The van der Waals surface area contributed by atoms with Crippen LogP contribution >= 0.6 is 0 Å². The molecule has 0 radical (unpaired) electrons. The highest BCUT2D eigenvalue weighted by Gasteiger charge is 2.20. The molecular weight excluding hydrogens is 218 g/mol. The van der Waals surface area contributed by atoms with Crippen molar-refractivity contribution < 1.29 is 0 Å². The molecule has 1 aliphatic rings. The maximum atomic E-state index is 2.45. The molecule has 84 valence electrons. The van der Waals surface area contributed by atoms with Gasteiger partial charge in [-0.1, -0.05) is 48.6 Å². The van der Waals surface area contributed by atoms with Gasteiger partial charge >= 0.3 is 0 Å². The van der Waals surface area contributed by atoms with E-state index in [2.05, 4.69) is 59.0 Å². The van der Waals surface area contributed by atoms with Gasteiger partial charge in [0.25, 0.3) is 0 Å². The molecule has 0 spiro atoms. The van der Waals surface area contributed by atoms with Crippen molar-refractivity contribution in [1.82, 2.24) is 4.40 Å². The second-order valence-corrected chi connectivity index (χ2v) is 5.02. The fraction of sp³-hybridized carbons (Fsp3) is 0.0588. The van der Waals surface area contributed by atoms with Crippen LogP contribution in [0.25, 0.3) is 33.3 Å². The third kappa shape index (κ3) is 0.799. The number of rotatable bonds is 0. The van der Waals surface area contributed by atoms with Crippen molar-refractivity contribution in [3.63, 3.8) is 0 Å². The van der Waals surface area contributed by atoms with E-state index in [1.807, 2.05) is 0 Å². The molecule has 5 rings (SSSR count). The third-order valence-electron chi connectivity index (χ3n) is 4.16. The van der Waals surface area contributed by atoms with E-state index in [4.69, 9.17) is 0 Å². The first kappa shape index (κ1) is 8.76. The van der Waals surface area contributed by atoms with Gasteiger partial charge in [0, 0.05) is 33.8 Å². The van der Waals surface area contributed by atoms with Crippen molar-refractivity contribution in [2.75, 3.05) is 0 Å². The summed E-state index contributed by atoms with van der Waals surface area (Å²) in [5.74, 6) is 0. The SMILES string of the molecule is C1=Cc2c(n3c4ccccc4c4cccc2c43)C1. The van der Waals surface area contributed by atoms with E-state index < -0.39 is 0 Å². The molecular formula is C17H11N. The summed E-state index contributed by atoms with van der Waals surface area (Å²) in [5, 5.41) is 4.14. The first-order valence-electron chi connectivity index (χ1n) is 6.38. The van der Waals surface area contributed by atoms with Gasteiger partial charge in [-0.3, -0.25) is 0 Å². The normalized spacial score (nSPS) is 14.2. The monoisotopic (exact) mass is 229 g/mol. The minimum Gasteiger partial charge on any atom is -0.311 e. The van der Waals surface area contributed by atoms with Crippen LogP contribution in [-0.2, 0) is 6.42 Å². The van der Waals surface area contributed by atoms with Gasteiger partial charge in [0.1, 0.15) is 0 Å². The maximum absolute atomic E-state index is 2.45. The zero-order valence-corrected chi connectivity index (χ0v) is 9.85. The lowest BCUT2D eigenvalue weighted by Crippen LogP contribution is -1.87. The highest BCUT2D eigenvalue weighted by molar-refractivity contribution is 6.16. The molecule has 2 heterocycles. The van der Waals surface area contributed by atoms with Gasteiger partial charge in [0.05, 0.1) is 11.0 Å². The molecule has 4 aromatic rings. The molecule has 0 fully saturated rings. The molecule has 0 saturated heterocycles. The van der Waals surface area contributed by atoms with E-state index >= 15 is 0 Å². The van der Waals surface area contributed by atoms with Crippen molar-refractivity contribution >= 4 is 33.3 Å². The van der Waals surface area contributed by atoms with Crippen LogP contribution in [0.3, 0.4) is 0 Å². The van der Waals surface area contributed by atoms with Gasteiger partial charge in [0.2, 0.25) is 0 Å².